The molecule has 1 amide bonds. The SMILES string of the molecule is COc1ccc([C@@H]2C[C@@H](C(F)(F)F)n3ncc(C(=O)Nc4ccc(C)cc4C)c3N2)cc1OC. The number of rotatable bonds is 5. The van der Waals surface area contributed by atoms with Crippen LogP contribution in [-0.2, 0) is 0 Å². The first kappa shape index (κ1) is 23.5. The maximum atomic E-state index is 14.0. The molecule has 0 fully saturated rings. The average molecular weight is 474 g/mol. The molecule has 0 radical (unpaired) electrons. The Kier molecular flexibility index (Phi) is 6.16. The molecule has 4 rings (SSSR count). The van der Waals surface area contributed by atoms with Gasteiger partial charge < -0.3 is 20.1 Å². The highest BCUT2D eigenvalue weighted by molar-refractivity contribution is 6.07. The molecule has 1 aliphatic heterocycles. The van der Waals surface area contributed by atoms with Crippen molar-refractivity contribution in [3.63, 3.8) is 0 Å². The van der Waals surface area contributed by atoms with Gasteiger partial charge in [-0.15, -0.1) is 0 Å². The predicted octanol–water partition coefficient (Wildman–Crippen LogP) is 5.43. The molecule has 0 bridgehead atoms. The van der Waals surface area contributed by atoms with Crippen molar-refractivity contribution >= 4 is 17.4 Å². The third kappa shape index (κ3) is 4.40. The summed E-state index contributed by atoms with van der Waals surface area (Å²) in [6.45, 7) is 3.78. The summed E-state index contributed by atoms with van der Waals surface area (Å²) in [4.78, 5) is 13.0. The van der Waals surface area contributed by atoms with Crippen LogP contribution >= 0.6 is 0 Å². The monoisotopic (exact) mass is 474 g/mol. The molecule has 3 aromatic rings. The lowest BCUT2D eigenvalue weighted by atomic mass is 9.96. The molecule has 1 aromatic heterocycles. The fourth-order valence-corrected chi connectivity index (χ4v) is 4.16. The van der Waals surface area contributed by atoms with Gasteiger partial charge in [-0.3, -0.25) is 4.79 Å². The summed E-state index contributed by atoms with van der Waals surface area (Å²) in [6.07, 6.45) is -3.69. The Labute approximate surface area is 194 Å². The van der Waals surface area contributed by atoms with E-state index in [-0.39, 0.29) is 17.8 Å². The first-order valence-electron chi connectivity index (χ1n) is 10.6. The molecule has 0 unspecified atom stereocenters. The van der Waals surface area contributed by atoms with Gasteiger partial charge in [0.25, 0.3) is 5.91 Å². The molecule has 0 saturated heterocycles. The van der Waals surface area contributed by atoms with Crippen molar-refractivity contribution in [1.82, 2.24) is 9.78 Å². The minimum absolute atomic E-state index is 0.00984. The number of anilines is 2. The van der Waals surface area contributed by atoms with Gasteiger partial charge in [0.05, 0.1) is 26.5 Å². The number of methoxy groups -OCH3 is 2. The van der Waals surface area contributed by atoms with Gasteiger partial charge in [-0.2, -0.15) is 18.3 Å². The number of hydrogen-bond acceptors (Lipinski definition) is 5. The van der Waals surface area contributed by atoms with Gasteiger partial charge in [0.15, 0.2) is 17.5 Å². The zero-order chi connectivity index (χ0) is 24.6. The number of alkyl halides is 3. The Morgan fingerprint density at radius 2 is 1.85 bits per heavy atom. The van der Waals surface area contributed by atoms with E-state index < -0.39 is 24.2 Å². The maximum absolute atomic E-state index is 14.0. The quantitative estimate of drug-likeness (QED) is 0.516. The Hall–Kier alpha value is -3.69. The summed E-state index contributed by atoms with van der Waals surface area (Å²) in [5.41, 5.74) is 3.05. The van der Waals surface area contributed by atoms with E-state index in [0.29, 0.717) is 22.7 Å². The minimum Gasteiger partial charge on any atom is -0.493 e. The highest BCUT2D eigenvalue weighted by Gasteiger charge is 2.47. The van der Waals surface area contributed by atoms with Crippen molar-refractivity contribution in [3.8, 4) is 11.5 Å². The standard InChI is InChI=1S/C24H25F3N4O3/c1-13-5-7-17(14(2)9-13)30-23(32)16-12-28-31-21(24(25,26)27)11-18(29-22(16)31)15-6-8-19(33-3)20(10-15)34-4/h5-10,12,18,21,29H,11H2,1-4H3,(H,30,32)/t18-,21-/m0/s1. The summed E-state index contributed by atoms with van der Waals surface area (Å²) in [5, 5.41) is 9.79. The Balaban J connectivity index is 1.70. The van der Waals surface area contributed by atoms with Crippen LogP contribution in [0.2, 0.25) is 0 Å². The molecule has 34 heavy (non-hydrogen) atoms. The van der Waals surface area contributed by atoms with Crippen molar-refractivity contribution in [2.75, 3.05) is 24.9 Å². The van der Waals surface area contributed by atoms with Crippen LogP contribution in [0.4, 0.5) is 24.7 Å². The Morgan fingerprint density at radius 3 is 2.50 bits per heavy atom. The Morgan fingerprint density at radius 1 is 1.12 bits per heavy atom. The van der Waals surface area contributed by atoms with Gasteiger partial charge in [0.2, 0.25) is 0 Å². The van der Waals surface area contributed by atoms with Crippen molar-refractivity contribution in [2.24, 2.45) is 0 Å². The molecular weight excluding hydrogens is 449 g/mol. The first-order chi connectivity index (χ1) is 16.1. The highest BCUT2D eigenvalue weighted by Crippen LogP contribution is 2.45. The molecule has 2 aromatic carbocycles. The molecule has 0 saturated carbocycles. The topological polar surface area (TPSA) is 77.4 Å². The summed E-state index contributed by atoms with van der Waals surface area (Å²) >= 11 is 0. The van der Waals surface area contributed by atoms with E-state index >= 15 is 0 Å². The van der Waals surface area contributed by atoms with E-state index in [1.165, 1.54) is 14.2 Å². The van der Waals surface area contributed by atoms with Crippen molar-refractivity contribution < 1.29 is 27.4 Å². The number of hydrogen-bond donors (Lipinski definition) is 2. The minimum atomic E-state index is -4.56. The number of nitrogens with one attached hydrogen (secondary N) is 2. The van der Waals surface area contributed by atoms with Crippen LogP contribution in [0.1, 0.15) is 45.6 Å². The lowest BCUT2D eigenvalue weighted by Gasteiger charge is -2.34. The number of ether oxygens (including phenoxy) is 2. The number of aryl methyl sites for hydroxylation is 2. The molecule has 7 nitrogen and oxygen atoms in total. The van der Waals surface area contributed by atoms with Gasteiger partial charge in [-0.05, 0) is 43.2 Å². The van der Waals surface area contributed by atoms with Gasteiger partial charge in [0, 0.05) is 12.1 Å². The number of halogens is 3. The number of fused-ring (bicyclic) bond motifs is 1. The van der Waals surface area contributed by atoms with Crippen molar-refractivity contribution in [2.45, 2.75) is 38.5 Å². The van der Waals surface area contributed by atoms with Crippen LogP contribution in [-0.4, -0.2) is 36.1 Å². The van der Waals surface area contributed by atoms with E-state index in [0.717, 1.165) is 22.0 Å². The number of carbonyl (C=O) groups excluding carboxylic acids is 1. The third-order valence-electron chi connectivity index (χ3n) is 5.92. The van der Waals surface area contributed by atoms with Crippen molar-refractivity contribution in [3.05, 3.63) is 64.8 Å². The van der Waals surface area contributed by atoms with Gasteiger partial charge in [0.1, 0.15) is 11.4 Å². The second kappa shape index (κ2) is 8.92. The molecule has 1 aliphatic rings. The summed E-state index contributed by atoms with van der Waals surface area (Å²) in [7, 11) is 2.94. The fraction of sp³-hybridized carbons (Fsp3) is 0.333. The lowest BCUT2D eigenvalue weighted by molar-refractivity contribution is -0.173. The van der Waals surface area contributed by atoms with E-state index in [1.807, 2.05) is 26.0 Å². The van der Waals surface area contributed by atoms with Gasteiger partial charge in [-0.25, -0.2) is 4.68 Å². The van der Waals surface area contributed by atoms with Crippen LogP contribution in [0, 0.1) is 13.8 Å². The number of carbonyl (C=O) groups is 1. The number of nitrogens with zero attached hydrogens (tertiary/aromatic N) is 2. The van der Waals surface area contributed by atoms with Crippen LogP contribution in [0.15, 0.2) is 42.6 Å². The van der Waals surface area contributed by atoms with E-state index in [1.54, 1.807) is 24.3 Å². The highest BCUT2D eigenvalue weighted by atomic mass is 19.4. The normalized spacial score (nSPS) is 17.5. The third-order valence-corrected chi connectivity index (χ3v) is 5.92. The smallest absolute Gasteiger partial charge is 0.410 e. The van der Waals surface area contributed by atoms with Gasteiger partial charge >= 0.3 is 6.18 Å². The molecular formula is C24H25F3N4O3. The van der Waals surface area contributed by atoms with Gasteiger partial charge in [-0.1, -0.05) is 23.8 Å². The second-order valence-electron chi connectivity index (χ2n) is 8.23. The van der Waals surface area contributed by atoms with Crippen LogP contribution in [0.25, 0.3) is 0 Å². The number of amides is 1. The number of aromatic nitrogens is 2. The molecule has 0 spiro atoms. The van der Waals surface area contributed by atoms with E-state index in [2.05, 4.69) is 15.7 Å². The maximum Gasteiger partial charge on any atom is 0.410 e. The lowest BCUT2D eigenvalue weighted by Crippen LogP contribution is -2.36. The van der Waals surface area contributed by atoms with E-state index in [4.69, 9.17) is 9.47 Å². The zero-order valence-electron chi connectivity index (χ0n) is 19.2. The molecule has 10 heteroatoms. The molecule has 180 valence electrons. The molecule has 2 atom stereocenters. The van der Waals surface area contributed by atoms with Crippen LogP contribution in [0.5, 0.6) is 11.5 Å². The molecule has 0 aliphatic carbocycles. The summed E-state index contributed by atoms with van der Waals surface area (Å²) in [6, 6.07) is 7.83. The first-order valence-corrected chi connectivity index (χ1v) is 10.6. The fourth-order valence-electron chi connectivity index (χ4n) is 4.16. The van der Waals surface area contributed by atoms with E-state index in [9.17, 15) is 18.0 Å². The summed E-state index contributed by atoms with van der Waals surface area (Å²) in [5.74, 6) is 0.329. The number of benzene rings is 2. The largest absolute Gasteiger partial charge is 0.493 e. The second-order valence-corrected chi connectivity index (χ2v) is 8.23. The van der Waals surface area contributed by atoms with Crippen LogP contribution < -0.4 is 20.1 Å². The average Bonchev–Trinajstić information content (AvgIpc) is 3.23. The molecule has 2 heterocycles. The van der Waals surface area contributed by atoms with Crippen molar-refractivity contribution in [1.29, 1.82) is 0 Å². The van der Waals surface area contributed by atoms with Crippen LogP contribution in [0.3, 0.4) is 0 Å². The predicted molar refractivity (Wildman–Crippen MR) is 122 cm³/mol. The summed E-state index contributed by atoms with van der Waals surface area (Å²) < 4.78 is 53.3. The Bertz CT molecular complexity index is 1220. The molecule has 2 N–H and O–H groups in total. The zero-order valence-corrected chi connectivity index (χ0v) is 19.2.